The molecule has 0 spiro atoms. The molecule has 36 heavy (non-hydrogen) atoms. The summed E-state index contributed by atoms with van der Waals surface area (Å²) < 4.78 is 1.31. The maximum Gasteiger partial charge on any atom is 0.0966 e. The summed E-state index contributed by atoms with van der Waals surface area (Å²) in [5.41, 5.74) is 7.72. The molecule has 5 aromatic rings. The van der Waals surface area contributed by atoms with E-state index >= 15 is 0 Å². The van der Waals surface area contributed by atoms with Gasteiger partial charge < -0.3 is 10.6 Å². The van der Waals surface area contributed by atoms with Crippen LogP contribution in [0.5, 0.6) is 0 Å². The summed E-state index contributed by atoms with van der Waals surface area (Å²) in [6.07, 6.45) is 9.67. The van der Waals surface area contributed by atoms with Gasteiger partial charge in [0, 0.05) is 40.7 Å². The van der Waals surface area contributed by atoms with E-state index in [1.807, 2.05) is 32.3 Å². The smallest absolute Gasteiger partial charge is 0.0966 e. The van der Waals surface area contributed by atoms with Crippen LogP contribution in [0, 0.1) is 12.8 Å². The number of aromatic nitrogens is 3. The van der Waals surface area contributed by atoms with Gasteiger partial charge in [-0.15, -0.1) is 11.3 Å². The number of fused-ring (bicyclic) bond motifs is 2. The fraction of sp³-hybridized carbons (Fsp3) is 0.300. The second-order valence-corrected chi connectivity index (χ2v) is 9.98. The maximum atomic E-state index is 4.71. The van der Waals surface area contributed by atoms with E-state index in [2.05, 4.69) is 69.3 Å². The molecule has 0 radical (unpaired) electrons. The Labute approximate surface area is 217 Å². The highest BCUT2D eigenvalue weighted by molar-refractivity contribution is 7.17. The number of aryl methyl sites for hydroxylation is 1. The summed E-state index contributed by atoms with van der Waals surface area (Å²) in [5, 5.41) is 10.9. The summed E-state index contributed by atoms with van der Waals surface area (Å²) in [6.45, 7) is 8.28. The molecule has 0 amide bonds. The SMILES string of the molecule is CC.Cc1csc2ccc(-c3cc(NC(c4cccnc4)C4CCNCC4)cc4nccnc34)cc12. The molecule has 2 N–H and O–H groups in total. The standard InChI is InChI=1S/C28H27N5S.C2H6/c1-18-17-34-26-5-4-20(13-23(18)26)24-14-22(15-25-28(24)32-12-11-31-25)33-27(19-6-9-29-10-7-19)21-3-2-8-30-16-21;1-2/h2-5,8,11-17,19,27,29,33H,6-7,9-10H2,1H3;1-2H3. The van der Waals surface area contributed by atoms with Crippen molar-refractivity contribution < 1.29 is 0 Å². The summed E-state index contributed by atoms with van der Waals surface area (Å²) in [5.74, 6) is 0.538. The predicted molar refractivity (Wildman–Crippen MR) is 153 cm³/mol. The van der Waals surface area contributed by atoms with E-state index in [4.69, 9.17) is 4.98 Å². The zero-order valence-corrected chi connectivity index (χ0v) is 22.0. The highest BCUT2D eigenvalue weighted by atomic mass is 32.1. The lowest BCUT2D eigenvalue weighted by molar-refractivity contribution is 0.335. The van der Waals surface area contributed by atoms with Gasteiger partial charge in [0.1, 0.15) is 0 Å². The quantitative estimate of drug-likeness (QED) is 0.266. The van der Waals surface area contributed by atoms with Crippen molar-refractivity contribution in [1.82, 2.24) is 20.3 Å². The van der Waals surface area contributed by atoms with Crippen molar-refractivity contribution in [3.8, 4) is 11.1 Å². The molecule has 1 atom stereocenters. The first-order valence-electron chi connectivity index (χ1n) is 12.9. The lowest BCUT2D eigenvalue weighted by Gasteiger charge is -2.32. The third-order valence-electron chi connectivity index (χ3n) is 6.87. The fourth-order valence-electron chi connectivity index (χ4n) is 5.09. The molecule has 1 unspecified atom stereocenters. The Morgan fingerprint density at radius 1 is 1.00 bits per heavy atom. The normalized spacial score (nSPS) is 14.9. The van der Waals surface area contributed by atoms with E-state index in [0.717, 1.165) is 48.2 Å². The van der Waals surface area contributed by atoms with Gasteiger partial charge >= 0.3 is 0 Å². The number of benzene rings is 2. The molecule has 1 aliphatic heterocycles. The van der Waals surface area contributed by atoms with Gasteiger partial charge in [0.25, 0.3) is 0 Å². The Balaban J connectivity index is 0.00000130. The summed E-state index contributed by atoms with van der Waals surface area (Å²) >= 11 is 1.80. The molecular weight excluding hydrogens is 462 g/mol. The van der Waals surface area contributed by atoms with E-state index in [-0.39, 0.29) is 6.04 Å². The van der Waals surface area contributed by atoms with Crippen molar-refractivity contribution in [1.29, 1.82) is 0 Å². The van der Waals surface area contributed by atoms with Crippen LogP contribution in [0.4, 0.5) is 5.69 Å². The first-order valence-corrected chi connectivity index (χ1v) is 13.7. The molecule has 5 nitrogen and oxygen atoms in total. The van der Waals surface area contributed by atoms with Crippen LogP contribution in [-0.4, -0.2) is 28.0 Å². The number of hydrogen-bond acceptors (Lipinski definition) is 6. The van der Waals surface area contributed by atoms with Gasteiger partial charge in [-0.25, -0.2) is 0 Å². The van der Waals surface area contributed by atoms with E-state index in [1.54, 1.807) is 23.7 Å². The third kappa shape index (κ3) is 4.97. The van der Waals surface area contributed by atoms with Crippen LogP contribution in [0.25, 0.3) is 32.2 Å². The van der Waals surface area contributed by atoms with Gasteiger partial charge in [-0.05, 0) is 96.6 Å². The number of nitrogens with zero attached hydrogens (tertiary/aromatic N) is 3. The maximum absolute atomic E-state index is 4.71. The zero-order chi connectivity index (χ0) is 24.9. The van der Waals surface area contributed by atoms with Crippen LogP contribution in [0.3, 0.4) is 0 Å². The lowest BCUT2D eigenvalue weighted by Crippen LogP contribution is -2.33. The van der Waals surface area contributed by atoms with Crippen molar-refractivity contribution in [2.75, 3.05) is 18.4 Å². The average molecular weight is 496 g/mol. The Morgan fingerprint density at radius 2 is 1.83 bits per heavy atom. The molecule has 6 heteroatoms. The van der Waals surface area contributed by atoms with Gasteiger partial charge in [-0.3, -0.25) is 15.0 Å². The van der Waals surface area contributed by atoms with Gasteiger partial charge in [-0.1, -0.05) is 26.0 Å². The van der Waals surface area contributed by atoms with Crippen molar-refractivity contribution in [2.45, 2.75) is 39.7 Å². The minimum atomic E-state index is 0.194. The molecular formula is C30H33N5S. The number of hydrogen-bond donors (Lipinski definition) is 2. The lowest BCUT2D eigenvalue weighted by atomic mass is 9.86. The van der Waals surface area contributed by atoms with Crippen LogP contribution >= 0.6 is 11.3 Å². The number of nitrogens with one attached hydrogen (secondary N) is 2. The number of pyridine rings is 1. The number of anilines is 1. The molecule has 1 fully saturated rings. The average Bonchev–Trinajstić information content (AvgIpc) is 3.33. The molecule has 1 saturated heterocycles. The molecule has 184 valence electrons. The van der Waals surface area contributed by atoms with Crippen LogP contribution in [0.2, 0.25) is 0 Å². The topological polar surface area (TPSA) is 62.7 Å². The second-order valence-electron chi connectivity index (χ2n) is 9.07. The van der Waals surface area contributed by atoms with Gasteiger partial charge in [0.2, 0.25) is 0 Å². The monoisotopic (exact) mass is 495 g/mol. The van der Waals surface area contributed by atoms with E-state index < -0.39 is 0 Å². The predicted octanol–water partition coefficient (Wildman–Crippen LogP) is 7.39. The fourth-order valence-corrected chi connectivity index (χ4v) is 6.02. The molecule has 2 aromatic carbocycles. The third-order valence-corrected chi connectivity index (χ3v) is 7.95. The van der Waals surface area contributed by atoms with Gasteiger partial charge in [0.05, 0.1) is 17.1 Å². The van der Waals surface area contributed by atoms with Crippen LogP contribution in [-0.2, 0) is 0 Å². The molecule has 1 aliphatic rings. The van der Waals surface area contributed by atoms with Gasteiger partial charge in [-0.2, -0.15) is 0 Å². The Kier molecular flexibility index (Phi) is 7.54. The van der Waals surface area contributed by atoms with Crippen molar-refractivity contribution in [2.24, 2.45) is 5.92 Å². The molecule has 3 aromatic heterocycles. The number of thiophene rings is 1. The van der Waals surface area contributed by atoms with Crippen LogP contribution in [0.1, 0.15) is 43.9 Å². The summed E-state index contributed by atoms with van der Waals surface area (Å²) in [4.78, 5) is 13.8. The number of rotatable bonds is 5. The number of piperidine rings is 1. The molecule has 6 rings (SSSR count). The van der Waals surface area contributed by atoms with Gasteiger partial charge in [0.15, 0.2) is 0 Å². The molecule has 4 heterocycles. The van der Waals surface area contributed by atoms with Crippen molar-refractivity contribution >= 4 is 38.1 Å². The first-order chi connectivity index (χ1) is 17.8. The first kappa shape index (κ1) is 24.3. The largest absolute Gasteiger partial charge is 0.378 e. The minimum Gasteiger partial charge on any atom is -0.378 e. The summed E-state index contributed by atoms with van der Waals surface area (Å²) in [7, 11) is 0. The van der Waals surface area contributed by atoms with Crippen LogP contribution < -0.4 is 10.6 Å². The Bertz CT molecular complexity index is 1440. The Morgan fingerprint density at radius 3 is 2.64 bits per heavy atom. The minimum absolute atomic E-state index is 0.194. The molecule has 0 bridgehead atoms. The zero-order valence-electron chi connectivity index (χ0n) is 21.2. The molecule has 0 aliphatic carbocycles. The Hall–Kier alpha value is -3.35. The van der Waals surface area contributed by atoms with Crippen molar-refractivity contribution in [3.05, 3.63) is 83.8 Å². The van der Waals surface area contributed by atoms with E-state index in [9.17, 15) is 0 Å². The van der Waals surface area contributed by atoms with E-state index in [0.29, 0.717) is 5.92 Å². The van der Waals surface area contributed by atoms with Crippen LogP contribution in [0.15, 0.2) is 72.6 Å². The van der Waals surface area contributed by atoms with E-state index in [1.165, 1.54) is 26.8 Å². The second kappa shape index (κ2) is 11.1. The summed E-state index contributed by atoms with van der Waals surface area (Å²) in [6, 6.07) is 15.5. The van der Waals surface area contributed by atoms with Crippen molar-refractivity contribution in [3.63, 3.8) is 0 Å². The highest BCUT2D eigenvalue weighted by Crippen LogP contribution is 2.37. The molecule has 0 saturated carbocycles. The highest BCUT2D eigenvalue weighted by Gasteiger charge is 2.25.